The van der Waals surface area contributed by atoms with Crippen LogP contribution in [-0.4, -0.2) is 33.8 Å². The summed E-state index contributed by atoms with van der Waals surface area (Å²) in [6.07, 6.45) is 0. The standard InChI is InChI=1S/C22H17FN4O3S/c1-30-22(29)15-6-4-14(5-7-15)13-24-21(28)19-25-20(18-3-2-12-31-18)27(26-19)17-10-8-16(23)9-11-17/h2-12H,13H2,1H3,(H,24,28). The Hall–Kier alpha value is -3.85. The fourth-order valence-corrected chi connectivity index (χ4v) is 3.57. The summed E-state index contributed by atoms with van der Waals surface area (Å²) in [6.45, 7) is 0.236. The molecule has 0 saturated carbocycles. The maximum Gasteiger partial charge on any atom is 0.337 e. The molecule has 31 heavy (non-hydrogen) atoms. The molecule has 0 aliphatic carbocycles. The van der Waals surface area contributed by atoms with Crippen LogP contribution in [0.1, 0.15) is 26.5 Å². The van der Waals surface area contributed by atoms with Crippen LogP contribution in [0.25, 0.3) is 16.4 Å². The van der Waals surface area contributed by atoms with Gasteiger partial charge in [-0.3, -0.25) is 4.79 Å². The van der Waals surface area contributed by atoms with Crippen molar-refractivity contribution >= 4 is 23.2 Å². The van der Waals surface area contributed by atoms with E-state index < -0.39 is 11.9 Å². The van der Waals surface area contributed by atoms with Crippen molar-refractivity contribution < 1.29 is 18.7 Å². The maximum absolute atomic E-state index is 13.3. The number of carbonyl (C=O) groups is 2. The predicted molar refractivity (Wildman–Crippen MR) is 114 cm³/mol. The summed E-state index contributed by atoms with van der Waals surface area (Å²) in [7, 11) is 1.32. The van der Waals surface area contributed by atoms with Gasteiger partial charge in [0.05, 0.1) is 23.2 Å². The largest absolute Gasteiger partial charge is 0.465 e. The summed E-state index contributed by atoms with van der Waals surface area (Å²) >= 11 is 1.46. The Morgan fingerprint density at radius 3 is 2.48 bits per heavy atom. The van der Waals surface area contributed by atoms with Crippen molar-refractivity contribution in [3.8, 4) is 16.4 Å². The first kappa shape index (κ1) is 20.4. The van der Waals surface area contributed by atoms with E-state index in [1.807, 2.05) is 17.5 Å². The molecular formula is C22H17FN4O3S. The second-order valence-electron chi connectivity index (χ2n) is 6.50. The van der Waals surface area contributed by atoms with Gasteiger partial charge in [0.1, 0.15) is 5.82 Å². The van der Waals surface area contributed by atoms with Crippen molar-refractivity contribution in [1.82, 2.24) is 20.1 Å². The molecular weight excluding hydrogens is 419 g/mol. The van der Waals surface area contributed by atoms with Gasteiger partial charge in [-0.2, -0.15) is 0 Å². The smallest absolute Gasteiger partial charge is 0.337 e. The first-order chi connectivity index (χ1) is 15.0. The third kappa shape index (κ3) is 4.51. The third-order valence-electron chi connectivity index (χ3n) is 4.45. The van der Waals surface area contributed by atoms with Gasteiger partial charge in [0.25, 0.3) is 5.91 Å². The average Bonchev–Trinajstić information content (AvgIpc) is 3.48. The molecule has 0 fully saturated rings. The molecule has 156 valence electrons. The van der Waals surface area contributed by atoms with Crippen LogP contribution in [0.2, 0.25) is 0 Å². The van der Waals surface area contributed by atoms with Crippen LogP contribution in [0.5, 0.6) is 0 Å². The molecule has 7 nitrogen and oxygen atoms in total. The molecule has 0 aliphatic rings. The molecule has 9 heteroatoms. The zero-order chi connectivity index (χ0) is 21.8. The Labute approximate surface area is 181 Å². The van der Waals surface area contributed by atoms with Crippen LogP contribution in [-0.2, 0) is 11.3 Å². The molecule has 0 unspecified atom stereocenters. The summed E-state index contributed by atoms with van der Waals surface area (Å²) in [6, 6.07) is 16.3. The monoisotopic (exact) mass is 436 g/mol. The second-order valence-corrected chi connectivity index (χ2v) is 7.44. The minimum absolute atomic E-state index is 0.00101. The van der Waals surface area contributed by atoms with E-state index >= 15 is 0 Å². The number of thiophene rings is 1. The summed E-state index contributed by atoms with van der Waals surface area (Å²) in [5.41, 5.74) is 1.82. The van der Waals surface area contributed by atoms with Crippen LogP contribution in [0.4, 0.5) is 4.39 Å². The molecule has 2 heterocycles. The lowest BCUT2D eigenvalue weighted by Gasteiger charge is -2.04. The maximum atomic E-state index is 13.3. The van der Waals surface area contributed by atoms with Crippen LogP contribution in [0.3, 0.4) is 0 Å². The molecule has 4 rings (SSSR count). The molecule has 2 aromatic carbocycles. The lowest BCUT2D eigenvalue weighted by molar-refractivity contribution is 0.0600. The van der Waals surface area contributed by atoms with Gasteiger partial charge in [0, 0.05) is 6.54 Å². The second kappa shape index (κ2) is 8.88. The number of nitrogens with one attached hydrogen (secondary N) is 1. The number of carbonyl (C=O) groups excluding carboxylic acids is 2. The van der Waals surface area contributed by atoms with Gasteiger partial charge < -0.3 is 10.1 Å². The minimum Gasteiger partial charge on any atom is -0.465 e. The fraction of sp³-hybridized carbons (Fsp3) is 0.0909. The van der Waals surface area contributed by atoms with Crippen LogP contribution >= 0.6 is 11.3 Å². The number of aromatic nitrogens is 3. The zero-order valence-corrected chi connectivity index (χ0v) is 17.2. The molecule has 1 N–H and O–H groups in total. The summed E-state index contributed by atoms with van der Waals surface area (Å²) in [4.78, 5) is 29.4. The highest BCUT2D eigenvalue weighted by atomic mass is 32.1. The average molecular weight is 436 g/mol. The highest BCUT2D eigenvalue weighted by molar-refractivity contribution is 7.13. The van der Waals surface area contributed by atoms with E-state index in [1.165, 1.54) is 35.3 Å². The summed E-state index contributed by atoms with van der Waals surface area (Å²) < 4.78 is 19.5. The van der Waals surface area contributed by atoms with Crippen LogP contribution < -0.4 is 5.32 Å². The highest BCUT2D eigenvalue weighted by Gasteiger charge is 2.19. The van der Waals surface area contributed by atoms with E-state index in [0.29, 0.717) is 17.1 Å². The number of benzene rings is 2. The van der Waals surface area contributed by atoms with E-state index in [4.69, 9.17) is 0 Å². The molecule has 0 aliphatic heterocycles. The Bertz CT molecular complexity index is 1200. The van der Waals surface area contributed by atoms with Gasteiger partial charge in [0.2, 0.25) is 5.82 Å². The molecule has 0 bridgehead atoms. The van der Waals surface area contributed by atoms with Crippen molar-refractivity contribution in [3.05, 3.63) is 88.8 Å². The number of nitrogens with zero attached hydrogens (tertiary/aromatic N) is 3. The number of hydrogen-bond donors (Lipinski definition) is 1. The van der Waals surface area contributed by atoms with Crippen molar-refractivity contribution in [2.24, 2.45) is 0 Å². The minimum atomic E-state index is -0.448. The Kier molecular flexibility index (Phi) is 5.85. The number of rotatable bonds is 6. The van der Waals surface area contributed by atoms with Gasteiger partial charge in [-0.05, 0) is 53.4 Å². The van der Waals surface area contributed by atoms with Gasteiger partial charge in [-0.25, -0.2) is 18.9 Å². The Balaban J connectivity index is 1.55. The lowest BCUT2D eigenvalue weighted by Crippen LogP contribution is -2.24. The lowest BCUT2D eigenvalue weighted by atomic mass is 10.1. The van der Waals surface area contributed by atoms with Gasteiger partial charge in [-0.1, -0.05) is 18.2 Å². The zero-order valence-electron chi connectivity index (χ0n) is 16.4. The SMILES string of the molecule is COC(=O)c1ccc(CNC(=O)c2nc(-c3cccs3)n(-c3ccc(F)cc3)n2)cc1. The van der Waals surface area contributed by atoms with E-state index in [9.17, 15) is 14.0 Å². The first-order valence-electron chi connectivity index (χ1n) is 9.27. The van der Waals surface area contributed by atoms with Gasteiger partial charge in [-0.15, -0.1) is 16.4 Å². The predicted octanol–water partition coefficient (Wildman–Crippen LogP) is 3.85. The summed E-state index contributed by atoms with van der Waals surface area (Å²) in [5, 5.41) is 9.02. The molecule has 2 aromatic heterocycles. The third-order valence-corrected chi connectivity index (χ3v) is 5.32. The van der Waals surface area contributed by atoms with Crippen molar-refractivity contribution in [2.45, 2.75) is 6.54 Å². The number of methoxy groups -OCH3 is 1. The van der Waals surface area contributed by atoms with E-state index in [-0.39, 0.29) is 18.2 Å². The molecule has 0 atom stereocenters. The topological polar surface area (TPSA) is 86.1 Å². The molecule has 1 amide bonds. The Morgan fingerprint density at radius 2 is 1.84 bits per heavy atom. The van der Waals surface area contributed by atoms with Gasteiger partial charge in [0.15, 0.2) is 5.82 Å². The van der Waals surface area contributed by atoms with Crippen molar-refractivity contribution in [3.63, 3.8) is 0 Å². The fourth-order valence-electron chi connectivity index (χ4n) is 2.87. The molecule has 0 saturated heterocycles. The number of ether oxygens (including phenoxy) is 1. The van der Waals surface area contributed by atoms with Gasteiger partial charge >= 0.3 is 5.97 Å². The van der Waals surface area contributed by atoms with E-state index in [0.717, 1.165) is 10.4 Å². The molecule has 0 spiro atoms. The van der Waals surface area contributed by atoms with E-state index in [2.05, 4.69) is 20.1 Å². The normalized spacial score (nSPS) is 10.6. The molecule has 4 aromatic rings. The van der Waals surface area contributed by atoms with Crippen molar-refractivity contribution in [1.29, 1.82) is 0 Å². The highest BCUT2D eigenvalue weighted by Crippen LogP contribution is 2.25. The summed E-state index contributed by atoms with van der Waals surface area (Å²) in [5.74, 6) is -0.742. The number of amides is 1. The quantitative estimate of drug-likeness (QED) is 0.464. The number of esters is 1. The van der Waals surface area contributed by atoms with Crippen LogP contribution in [0, 0.1) is 5.82 Å². The molecule has 0 radical (unpaired) electrons. The van der Waals surface area contributed by atoms with E-state index in [1.54, 1.807) is 36.4 Å². The van der Waals surface area contributed by atoms with Crippen molar-refractivity contribution in [2.75, 3.05) is 7.11 Å². The van der Waals surface area contributed by atoms with Crippen LogP contribution in [0.15, 0.2) is 66.0 Å². The Morgan fingerprint density at radius 1 is 1.10 bits per heavy atom. The number of halogens is 1. The number of hydrogen-bond acceptors (Lipinski definition) is 6. The first-order valence-corrected chi connectivity index (χ1v) is 10.2.